The molecule has 0 N–H and O–H groups in total. The number of hydrogen-bond donors (Lipinski definition) is 0. The Morgan fingerprint density at radius 1 is 1.69 bits per heavy atom. The molecule has 0 aromatic carbocycles. The van der Waals surface area contributed by atoms with E-state index in [9.17, 15) is 4.79 Å². The van der Waals surface area contributed by atoms with Crippen LogP contribution < -0.4 is 0 Å². The van der Waals surface area contributed by atoms with Crippen LogP contribution in [0.25, 0.3) is 0 Å². The van der Waals surface area contributed by atoms with E-state index in [-0.39, 0.29) is 11.9 Å². The number of ether oxygens (including phenoxy) is 2. The zero-order valence-electron chi connectivity index (χ0n) is 8.21. The third-order valence-electron chi connectivity index (χ3n) is 2.23. The van der Waals surface area contributed by atoms with Crippen LogP contribution in [0.2, 0.25) is 0 Å². The molecule has 0 aromatic rings. The van der Waals surface area contributed by atoms with Crippen molar-refractivity contribution in [3.05, 3.63) is 11.8 Å². The molecular weight excluding hydrogens is 168 g/mol. The van der Waals surface area contributed by atoms with Crippen LogP contribution in [0.5, 0.6) is 0 Å². The highest BCUT2D eigenvalue weighted by Crippen LogP contribution is 2.22. The molecule has 3 nitrogen and oxygen atoms in total. The number of carbonyl (C=O) groups is 1. The predicted molar refractivity (Wildman–Crippen MR) is 49.1 cm³/mol. The zero-order chi connectivity index (χ0) is 9.68. The molecular formula is C10H16O3. The Morgan fingerprint density at radius 3 is 3.08 bits per heavy atom. The first-order valence-corrected chi connectivity index (χ1v) is 4.70. The second-order valence-corrected chi connectivity index (χ2v) is 3.22. The Balaban J connectivity index is 2.53. The van der Waals surface area contributed by atoms with Gasteiger partial charge in [0.1, 0.15) is 12.4 Å². The molecule has 1 unspecified atom stereocenters. The molecule has 0 aromatic heterocycles. The minimum Gasteiger partial charge on any atom is -0.500 e. The van der Waals surface area contributed by atoms with Crippen molar-refractivity contribution in [3.8, 4) is 0 Å². The SMILES string of the molecule is CCCCC1COC(=O)C=C1OC. The van der Waals surface area contributed by atoms with Crippen molar-refractivity contribution >= 4 is 5.97 Å². The second-order valence-electron chi connectivity index (χ2n) is 3.22. The van der Waals surface area contributed by atoms with Gasteiger partial charge in [0.15, 0.2) is 0 Å². The Morgan fingerprint density at radius 2 is 2.46 bits per heavy atom. The average molecular weight is 184 g/mol. The van der Waals surface area contributed by atoms with Crippen LogP contribution in [0.3, 0.4) is 0 Å². The standard InChI is InChI=1S/C10H16O3/c1-3-4-5-8-7-13-10(11)6-9(8)12-2/h6,8H,3-5,7H2,1-2H3. The predicted octanol–water partition coefficient (Wildman–Crippen LogP) is 1.88. The number of hydrogen-bond acceptors (Lipinski definition) is 3. The van der Waals surface area contributed by atoms with Gasteiger partial charge in [-0.2, -0.15) is 0 Å². The summed E-state index contributed by atoms with van der Waals surface area (Å²) in [6.45, 7) is 2.61. The summed E-state index contributed by atoms with van der Waals surface area (Å²) in [5.41, 5.74) is 0. The molecule has 0 bridgehead atoms. The van der Waals surface area contributed by atoms with Gasteiger partial charge in [0.05, 0.1) is 19.1 Å². The third kappa shape index (κ3) is 2.76. The summed E-state index contributed by atoms with van der Waals surface area (Å²) in [6, 6.07) is 0. The summed E-state index contributed by atoms with van der Waals surface area (Å²) < 4.78 is 10.1. The van der Waals surface area contributed by atoms with Gasteiger partial charge in [-0.05, 0) is 6.42 Å². The van der Waals surface area contributed by atoms with E-state index in [4.69, 9.17) is 9.47 Å². The van der Waals surface area contributed by atoms with Crippen molar-refractivity contribution in [2.24, 2.45) is 5.92 Å². The van der Waals surface area contributed by atoms with Crippen LogP contribution in [0.15, 0.2) is 11.8 Å². The van der Waals surface area contributed by atoms with Gasteiger partial charge in [0, 0.05) is 0 Å². The molecule has 1 heterocycles. The maximum absolute atomic E-state index is 10.9. The average Bonchev–Trinajstić information content (AvgIpc) is 2.16. The normalized spacial score (nSPS) is 22.2. The van der Waals surface area contributed by atoms with Gasteiger partial charge < -0.3 is 9.47 Å². The van der Waals surface area contributed by atoms with E-state index < -0.39 is 0 Å². The quantitative estimate of drug-likeness (QED) is 0.626. The highest BCUT2D eigenvalue weighted by atomic mass is 16.5. The maximum Gasteiger partial charge on any atom is 0.334 e. The van der Waals surface area contributed by atoms with Crippen LogP contribution in [0, 0.1) is 5.92 Å². The Kier molecular flexibility index (Phi) is 3.80. The van der Waals surface area contributed by atoms with Crippen LogP contribution in [-0.2, 0) is 14.3 Å². The van der Waals surface area contributed by atoms with Gasteiger partial charge in [-0.25, -0.2) is 4.79 Å². The van der Waals surface area contributed by atoms with Gasteiger partial charge in [-0.15, -0.1) is 0 Å². The summed E-state index contributed by atoms with van der Waals surface area (Å²) in [4.78, 5) is 10.9. The highest BCUT2D eigenvalue weighted by molar-refractivity contribution is 5.83. The molecule has 3 heteroatoms. The van der Waals surface area contributed by atoms with E-state index in [1.54, 1.807) is 7.11 Å². The molecule has 0 saturated heterocycles. The topological polar surface area (TPSA) is 35.5 Å². The molecule has 1 atom stereocenters. The summed E-state index contributed by atoms with van der Waals surface area (Å²) in [5, 5.41) is 0. The van der Waals surface area contributed by atoms with Crippen molar-refractivity contribution in [1.29, 1.82) is 0 Å². The Hall–Kier alpha value is -0.990. The van der Waals surface area contributed by atoms with Gasteiger partial charge in [0.25, 0.3) is 0 Å². The Labute approximate surface area is 78.7 Å². The largest absolute Gasteiger partial charge is 0.500 e. The minimum absolute atomic E-state index is 0.266. The van der Waals surface area contributed by atoms with E-state index >= 15 is 0 Å². The van der Waals surface area contributed by atoms with E-state index in [0.29, 0.717) is 6.61 Å². The summed E-state index contributed by atoms with van der Waals surface area (Å²) >= 11 is 0. The lowest BCUT2D eigenvalue weighted by molar-refractivity contribution is -0.141. The number of carbonyl (C=O) groups excluding carboxylic acids is 1. The van der Waals surface area contributed by atoms with Gasteiger partial charge >= 0.3 is 5.97 Å². The monoisotopic (exact) mass is 184 g/mol. The fourth-order valence-electron chi connectivity index (χ4n) is 1.44. The molecule has 1 aliphatic heterocycles. The molecule has 1 rings (SSSR count). The van der Waals surface area contributed by atoms with Crippen LogP contribution in [0.4, 0.5) is 0 Å². The lowest BCUT2D eigenvalue weighted by Crippen LogP contribution is -2.22. The van der Waals surface area contributed by atoms with Crippen molar-refractivity contribution in [2.45, 2.75) is 26.2 Å². The van der Waals surface area contributed by atoms with Gasteiger partial charge in [0.2, 0.25) is 0 Å². The summed E-state index contributed by atoms with van der Waals surface area (Å²) in [6.07, 6.45) is 4.78. The number of rotatable bonds is 4. The molecule has 74 valence electrons. The molecule has 0 radical (unpaired) electrons. The van der Waals surface area contributed by atoms with E-state index in [0.717, 1.165) is 25.0 Å². The van der Waals surface area contributed by atoms with Crippen molar-refractivity contribution < 1.29 is 14.3 Å². The molecule has 0 fully saturated rings. The van der Waals surface area contributed by atoms with Crippen molar-refractivity contribution in [2.75, 3.05) is 13.7 Å². The van der Waals surface area contributed by atoms with E-state index in [1.165, 1.54) is 6.08 Å². The van der Waals surface area contributed by atoms with Gasteiger partial charge in [-0.1, -0.05) is 19.8 Å². The summed E-state index contributed by atoms with van der Waals surface area (Å²) in [5.74, 6) is 0.747. The molecule has 13 heavy (non-hydrogen) atoms. The first-order valence-electron chi connectivity index (χ1n) is 4.70. The number of cyclic esters (lactones) is 1. The van der Waals surface area contributed by atoms with Crippen molar-refractivity contribution in [3.63, 3.8) is 0 Å². The molecule has 0 spiro atoms. The smallest absolute Gasteiger partial charge is 0.334 e. The highest BCUT2D eigenvalue weighted by Gasteiger charge is 2.22. The zero-order valence-corrected chi connectivity index (χ0v) is 8.21. The Bertz CT molecular complexity index is 208. The first kappa shape index (κ1) is 10.1. The molecule has 0 amide bonds. The lowest BCUT2D eigenvalue weighted by Gasteiger charge is -2.22. The number of methoxy groups -OCH3 is 1. The first-order chi connectivity index (χ1) is 6.27. The van der Waals surface area contributed by atoms with Crippen LogP contribution >= 0.6 is 0 Å². The number of esters is 1. The minimum atomic E-state index is -0.287. The third-order valence-corrected chi connectivity index (χ3v) is 2.23. The lowest BCUT2D eigenvalue weighted by atomic mass is 9.99. The molecule has 0 saturated carbocycles. The van der Waals surface area contributed by atoms with E-state index in [1.807, 2.05) is 0 Å². The molecule has 1 aliphatic rings. The second kappa shape index (κ2) is 4.90. The fraction of sp³-hybridized carbons (Fsp3) is 0.700. The van der Waals surface area contributed by atoms with E-state index in [2.05, 4.69) is 6.92 Å². The fourth-order valence-corrected chi connectivity index (χ4v) is 1.44. The van der Waals surface area contributed by atoms with Gasteiger partial charge in [-0.3, -0.25) is 0 Å². The van der Waals surface area contributed by atoms with Crippen LogP contribution in [-0.4, -0.2) is 19.7 Å². The maximum atomic E-state index is 10.9. The summed E-state index contributed by atoms with van der Waals surface area (Å²) in [7, 11) is 1.60. The number of unbranched alkanes of at least 4 members (excludes halogenated alkanes) is 1. The molecule has 0 aliphatic carbocycles. The van der Waals surface area contributed by atoms with Crippen molar-refractivity contribution in [1.82, 2.24) is 0 Å². The van der Waals surface area contributed by atoms with Crippen LogP contribution in [0.1, 0.15) is 26.2 Å².